The summed E-state index contributed by atoms with van der Waals surface area (Å²) in [6.45, 7) is 3.17. The van der Waals surface area contributed by atoms with Crippen molar-refractivity contribution in [3.05, 3.63) is 29.3 Å². The number of alkyl halides is 5. The third-order valence-corrected chi connectivity index (χ3v) is 6.31. The van der Waals surface area contributed by atoms with Crippen LogP contribution in [-0.4, -0.2) is 78.5 Å². The Labute approximate surface area is 194 Å². The number of amides is 1. The summed E-state index contributed by atoms with van der Waals surface area (Å²) in [6, 6.07) is 4.43. The monoisotopic (exact) mass is 493 g/mol. The van der Waals surface area contributed by atoms with Crippen molar-refractivity contribution < 1.29 is 41.4 Å². The number of hydrogen-bond donors (Lipinski definition) is 1. The van der Waals surface area contributed by atoms with Crippen molar-refractivity contribution in [3.63, 3.8) is 0 Å². The van der Waals surface area contributed by atoms with Crippen LogP contribution in [0, 0.1) is 5.92 Å². The topological polar surface area (TPSA) is 73.3 Å². The molecule has 0 aromatic heterocycles. The summed E-state index contributed by atoms with van der Waals surface area (Å²) in [5, 5.41) is 9.21. The van der Waals surface area contributed by atoms with Crippen LogP contribution in [-0.2, 0) is 16.1 Å². The van der Waals surface area contributed by atoms with E-state index in [-0.39, 0.29) is 18.7 Å². The fourth-order valence-corrected chi connectivity index (χ4v) is 4.13. The number of nitrogens with zero attached hydrogens (tertiary/aromatic N) is 3. The zero-order valence-electron chi connectivity index (χ0n) is 18.7. The molecule has 190 valence electrons. The highest BCUT2D eigenvalue weighted by Crippen LogP contribution is 2.32. The van der Waals surface area contributed by atoms with Gasteiger partial charge in [-0.05, 0) is 31.4 Å². The molecule has 3 rings (SSSR count). The van der Waals surface area contributed by atoms with Gasteiger partial charge in [0.05, 0.1) is 5.92 Å². The lowest BCUT2D eigenvalue weighted by Crippen LogP contribution is -2.49. The van der Waals surface area contributed by atoms with E-state index in [1.54, 1.807) is 6.07 Å². The third kappa shape index (κ3) is 6.49. The number of piperazine rings is 1. The van der Waals surface area contributed by atoms with Crippen molar-refractivity contribution in [2.24, 2.45) is 5.92 Å². The third-order valence-electron chi connectivity index (χ3n) is 6.31. The molecule has 0 saturated carbocycles. The van der Waals surface area contributed by atoms with E-state index < -0.39 is 36.7 Å². The fourth-order valence-electron chi connectivity index (χ4n) is 4.13. The molecule has 1 aromatic carbocycles. The predicted molar refractivity (Wildman–Crippen MR) is 113 cm³/mol. The van der Waals surface area contributed by atoms with Gasteiger partial charge < -0.3 is 19.6 Å². The first-order valence-electron chi connectivity index (χ1n) is 11.1. The number of carboxylic acid groups (broad SMARTS) is 1. The number of aliphatic carboxylic acids is 1. The smallest absolute Gasteiger partial charge is 0.425 e. The second kappa shape index (κ2) is 10.7. The molecule has 2 aliphatic rings. The Bertz CT molecular complexity index is 867. The Morgan fingerprint density at radius 1 is 1.09 bits per heavy atom. The molecule has 12 heteroatoms. The molecule has 34 heavy (non-hydrogen) atoms. The lowest BCUT2D eigenvalue weighted by Gasteiger charge is -2.37. The summed E-state index contributed by atoms with van der Waals surface area (Å²) >= 11 is 0. The average Bonchev–Trinajstić information content (AvgIpc) is 2.79. The van der Waals surface area contributed by atoms with Crippen molar-refractivity contribution in [1.29, 1.82) is 0 Å². The molecule has 0 aliphatic carbocycles. The van der Waals surface area contributed by atoms with Gasteiger partial charge in [0, 0.05) is 57.1 Å². The summed E-state index contributed by atoms with van der Waals surface area (Å²) in [6.07, 6.45) is -9.64. The van der Waals surface area contributed by atoms with Crippen LogP contribution >= 0.6 is 0 Å². The molecule has 0 radical (unpaired) electrons. The van der Waals surface area contributed by atoms with Gasteiger partial charge in [-0.25, -0.2) is 13.6 Å². The molecule has 2 fully saturated rings. The van der Waals surface area contributed by atoms with Crippen LogP contribution < -0.4 is 4.90 Å². The van der Waals surface area contributed by atoms with Gasteiger partial charge in [0.25, 0.3) is 6.43 Å². The van der Waals surface area contributed by atoms with Crippen molar-refractivity contribution in [1.82, 2.24) is 9.80 Å². The minimum absolute atomic E-state index is 0.120. The first kappa shape index (κ1) is 26.0. The highest BCUT2D eigenvalue weighted by Gasteiger charge is 2.40. The van der Waals surface area contributed by atoms with Crippen molar-refractivity contribution in [3.8, 4) is 0 Å². The molecular formula is C22H28F5N3O4. The standard InChI is InChI=1S/C22H28F5N3O4/c1-14(22(25,26)27)34-21(33)30-10-8-28(9-11-30)13-17-3-2-16(19(23)24)12-18(17)29-6-4-15(5-7-29)20(31)32/h2-3,12,14-15,19H,4-11,13H2,1H3,(H,31,32). The number of piperidine rings is 1. The molecule has 2 aliphatic heterocycles. The van der Waals surface area contributed by atoms with Crippen LogP contribution in [0.2, 0.25) is 0 Å². The number of rotatable bonds is 6. The molecule has 2 saturated heterocycles. The summed E-state index contributed by atoms with van der Waals surface area (Å²) in [4.78, 5) is 28.4. The molecule has 2 heterocycles. The quantitative estimate of drug-likeness (QED) is 0.601. The average molecular weight is 493 g/mol. The van der Waals surface area contributed by atoms with Crippen LogP contribution in [0.15, 0.2) is 18.2 Å². The summed E-state index contributed by atoms with van der Waals surface area (Å²) in [5.41, 5.74) is 1.30. The number of carbonyl (C=O) groups excluding carboxylic acids is 1. The Morgan fingerprint density at radius 2 is 1.71 bits per heavy atom. The second-order valence-electron chi connectivity index (χ2n) is 8.62. The second-order valence-corrected chi connectivity index (χ2v) is 8.62. The number of ether oxygens (including phenoxy) is 1. The normalized spacial score (nSPS) is 19.4. The van der Waals surface area contributed by atoms with E-state index >= 15 is 0 Å². The zero-order valence-corrected chi connectivity index (χ0v) is 18.7. The highest BCUT2D eigenvalue weighted by molar-refractivity contribution is 5.70. The van der Waals surface area contributed by atoms with Crippen LogP contribution in [0.4, 0.5) is 32.4 Å². The van der Waals surface area contributed by atoms with Gasteiger partial charge in [0.2, 0.25) is 0 Å². The molecule has 1 unspecified atom stereocenters. The van der Waals surface area contributed by atoms with Gasteiger partial charge in [-0.3, -0.25) is 9.69 Å². The predicted octanol–water partition coefficient (Wildman–Crippen LogP) is 4.13. The molecule has 0 spiro atoms. The van der Waals surface area contributed by atoms with E-state index in [1.165, 1.54) is 17.0 Å². The number of halogens is 5. The van der Waals surface area contributed by atoms with Gasteiger partial charge in [0.15, 0.2) is 6.10 Å². The maximum absolute atomic E-state index is 13.3. The Hall–Kier alpha value is -2.63. The SMILES string of the molecule is CC(OC(=O)N1CCN(Cc2ccc(C(F)F)cc2N2CCC(C(=O)O)CC2)CC1)C(F)(F)F. The van der Waals surface area contributed by atoms with E-state index in [0.717, 1.165) is 12.5 Å². The van der Waals surface area contributed by atoms with Crippen LogP contribution in [0.3, 0.4) is 0 Å². The first-order valence-corrected chi connectivity index (χ1v) is 11.1. The minimum atomic E-state index is -4.63. The lowest BCUT2D eigenvalue weighted by atomic mass is 9.95. The van der Waals surface area contributed by atoms with E-state index in [9.17, 15) is 36.6 Å². The van der Waals surface area contributed by atoms with E-state index in [0.29, 0.717) is 51.3 Å². The summed E-state index contributed by atoms with van der Waals surface area (Å²) < 4.78 is 69.0. The molecule has 1 aromatic rings. The molecule has 1 atom stereocenters. The van der Waals surface area contributed by atoms with Crippen LogP contribution in [0.5, 0.6) is 0 Å². The Kier molecular flexibility index (Phi) is 8.21. The maximum Gasteiger partial charge on any atom is 0.425 e. The van der Waals surface area contributed by atoms with Crippen LogP contribution in [0.1, 0.15) is 37.3 Å². The minimum Gasteiger partial charge on any atom is -0.481 e. The van der Waals surface area contributed by atoms with Crippen molar-refractivity contribution in [2.75, 3.05) is 44.2 Å². The van der Waals surface area contributed by atoms with Gasteiger partial charge in [-0.1, -0.05) is 12.1 Å². The molecule has 1 amide bonds. The summed E-state index contributed by atoms with van der Waals surface area (Å²) in [5.74, 6) is -1.31. The Morgan fingerprint density at radius 3 is 2.24 bits per heavy atom. The van der Waals surface area contributed by atoms with Gasteiger partial charge in [-0.2, -0.15) is 13.2 Å². The van der Waals surface area contributed by atoms with Gasteiger partial charge in [-0.15, -0.1) is 0 Å². The Balaban J connectivity index is 1.63. The number of anilines is 1. The van der Waals surface area contributed by atoms with Gasteiger partial charge >= 0.3 is 18.2 Å². The first-order chi connectivity index (χ1) is 16.0. The number of hydrogen-bond acceptors (Lipinski definition) is 5. The molecule has 0 bridgehead atoms. The number of carboxylic acids is 1. The molecular weight excluding hydrogens is 465 g/mol. The largest absolute Gasteiger partial charge is 0.481 e. The zero-order chi connectivity index (χ0) is 25.0. The van der Waals surface area contributed by atoms with Crippen molar-refractivity contribution in [2.45, 2.75) is 45.0 Å². The van der Waals surface area contributed by atoms with E-state index in [2.05, 4.69) is 4.74 Å². The van der Waals surface area contributed by atoms with E-state index in [4.69, 9.17) is 0 Å². The maximum atomic E-state index is 13.3. The number of benzene rings is 1. The fraction of sp³-hybridized carbons (Fsp3) is 0.636. The molecule has 1 N–H and O–H groups in total. The van der Waals surface area contributed by atoms with Crippen LogP contribution in [0.25, 0.3) is 0 Å². The van der Waals surface area contributed by atoms with Gasteiger partial charge in [0.1, 0.15) is 0 Å². The van der Waals surface area contributed by atoms with E-state index in [1.807, 2.05) is 9.80 Å². The molecule has 7 nitrogen and oxygen atoms in total. The van der Waals surface area contributed by atoms with Crippen molar-refractivity contribution >= 4 is 17.7 Å². The summed E-state index contributed by atoms with van der Waals surface area (Å²) in [7, 11) is 0. The highest BCUT2D eigenvalue weighted by atomic mass is 19.4. The lowest BCUT2D eigenvalue weighted by molar-refractivity contribution is -0.200. The number of carbonyl (C=O) groups is 2.